The molecule has 0 amide bonds. The van der Waals surface area contributed by atoms with Gasteiger partial charge >= 0.3 is 0 Å². The van der Waals surface area contributed by atoms with Gasteiger partial charge in [-0.25, -0.2) is 13.8 Å². The average Bonchev–Trinajstić information content (AvgIpc) is 1.99. The molecule has 13 heavy (non-hydrogen) atoms. The molecule has 0 aliphatic heterocycles. The normalized spacial score (nSPS) is 10.5. The predicted molar refractivity (Wildman–Crippen MR) is 41.1 cm³/mol. The molecule has 72 valence electrons. The SMILES string of the molecule is Cc1nc(OCC(F)F)cc(=O)[nH]1. The lowest BCUT2D eigenvalue weighted by molar-refractivity contribution is 0.0793. The van der Waals surface area contributed by atoms with Gasteiger partial charge in [-0.15, -0.1) is 0 Å². The van der Waals surface area contributed by atoms with E-state index in [1.807, 2.05) is 0 Å². The topological polar surface area (TPSA) is 55.0 Å². The van der Waals surface area contributed by atoms with Gasteiger partial charge in [-0.1, -0.05) is 0 Å². The number of halogens is 2. The molecule has 0 bridgehead atoms. The highest BCUT2D eigenvalue weighted by Crippen LogP contribution is 2.03. The second kappa shape index (κ2) is 3.97. The summed E-state index contributed by atoms with van der Waals surface area (Å²) < 4.78 is 27.9. The van der Waals surface area contributed by atoms with Crippen LogP contribution in [-0.2, 0) is 0 Å². The summed E-state index contributed by atoms with van der Waals surface area (Å²) in [5.74, 6) is 0.248. The molecule has 1 heterocycles. The summed E-state index contributed by atoms with van der Waals surface area (Å²) in [6.07, 6.45) is -2.57. The van der Waals surface area contributed by atoms with E-state index in [2.05, 4.69) is 14.7 Å². The molecule has 0 fully saturated rings. The van der Waals surface area contributed by atoms with Crippen LogP contribution >= 0.6 is 0 Å². The summed E-state index contributed by atoms with van der Waals surface area (Å²) in [5.41, 5.74) is -0.420. The van der Waals surface area contributed by atoms with Gasteiger partial charge in [0.1, 0.15) is 5.82 Å². The molecule has 0 aliphatic rings. The zero-order valence-electron chi connectivity index (χ0n) is 6.88. The van der Waals surface area contributed by atoms with Crippen LogP contribution in [0.5, 0.6) is 5.88 Å². The third kappa shape index (κ3) is 3.18. The number of H-pyrrole nitrogens is 1. The molecule has 1 rings (SSSR count). The number of alkyl halides is 2. The maximum absolute atomic E-state index is 11.7. The molecule has 1 aromatic heterocycles. The highest BCUT2D eigenvalue weighted by atomic mass is 19.3. The lowest BCUT2D eigenvalue weighted by atomic mass is 10.5. The quantitative estimate of drug-likeness (QED) is 0.764. The van der Waals surface area contributed by atoms with Gasteiger partial charge in [-0.3, -0.25) is 4.79 Å². The van der Waals surface area contributed by atoms with Gasteiger partial charge in [0.2, 0.25) is 5.88 Å². The molecular weight excluding hydrogens is 182 g/mol. The Morgan fingerprint density at radius 3 is 2.92 bits per heavy atom. The lowest BCUT2D eigenvalue weighted by Gasteiger charge is -2.03. The fourth-order valence-electron chi connectivity index (χ4n) is 0.774. The van der Waals surface area contributed by atoms with Crippen molar-refractivity contribution >= 4 is 0 Å². The van der Waals surface area contributed by atoms with Crippen molar-refractivity contribution in [3.8, 4) is 5.88 Å². The molecule has 0 atom stereocenters. The number of hydrogen-bond acceptors (Lipinski definition) is 3. The average molecular weight is 190 g/mol. The second-order valence-corrected chi connectivity index (χ2v) is 2.37. The third-order valence-electron chi connectivity index (χ3n) is 1.19. The Balaban J connectivity index is 2.72. The van der Waals surface area contributed by atoms with Crippen molar-refractivity contribution in [2.45, 2.75) is 13.3 Å². The van der Waals surface area contributed by atoms with Crippen molar-refractivity contribution in [3.05, 3.63) is 22.2 Å². The molecule has 1 aromatic rings. The monoisotopic (exact) mass is 190 g/mol. The molecule has 1 N–H and O–H groups in total. The molecule has 0 saturated heterocycles. The van der Waals surface area contributed by atoms with E-state index >= 15 is 0 Å². The number of aromatic amines is 1. The summed E-state index contributed by atoms with van der Waals surface area (Å²) in [6, 6.07) is 1.02. The van der Waals surface area contributed by atoms with E-state index in [-0.39, 0.29) is 5.88 Å². The van der Waals surface area contributed by atoms with Crippen LogP contribution in [0.15, 0.2) is 10.9 Å². The van der Waals surface area contributed by atoms with Crippen LogP contribution in [0.1, 0.15) is 5.82 Å². The first-order chi connectivity index (χ1) is 6.08. The van der Waals surface area contributed by atoms with Gasteiger partial charge in [0, 0.05) is 0 Å². The maximum Gasteiger partial charge on any atom is 0.272 e. The van der Waals surface area contributed by atoms with Gasteiger partial charge in [0.15, 0.2) is 6.61 Å². The van der Waals surface area contributed by atoms with Gasteiger partial charge in [0.05, 0.1) is 6.07 Å². The van der Waals surface area contributed by atoms with Crippen LogP contribution in [0.2, 0.25) is 0 Å². The lowest BCUT2D eigenvalue weighted by Crippen LogP contribution is -2.13. The summed E-state index contributed by atoms with van der Waals surface area (Å²) in [5, 5.41) is 0. The standard InChI is InChI=1S/C7H8F2N2O2/c1-4-10-6(12)2-7(11-4)13-3-5(8)9/h2,5H,3H2,1H3,(H,10,11,12). The van der Waals surface area contributed by atoms with E-state index in [9.17, 15) is 13.6 Å². The van der Waals surface area contributed by atoms with E-state index in [1.165, 1.54) is 6.92 Å². The number of aromatic nitrogens is 2. The van der Waals surface area contributed by atoms with Crippen molar-refractivity contribution in [3.63, 3.8) is 0 Å². The van der Waals surface area contributed by atoms with Crippen molar-refractivity contribution in [2.24, 2.45) is 0 Å². The van der Waals surface area contributed by atoms with Gasteiger partial charge in [-0.2, -0.15) is 0 Å². The Kier molecular flexibility index (Phi) is 2.94. The van der Waals surface area contributed by atoms with Crippen molar-refractivity contribution < 1.29 is 13.5 Å². The molecule has 4 nitrogen and oxygen atoms in total. The minimum atomic E-state index is -2.57. The predicted octanol–water partition coefficient (Wildman–Crippen LogP) is 0.722. The zero-order valence-corrected chi connectivity index (χ0v) is 6.88. The summed E-state index contributed by atoms with van der Waals surface area (Å²) >= 11 is 0. The number of aryl methyl sites for hydroxylation is 1. The van der Waals surface area contributed by atoms with Gasteiger partial charge < -0.3 is 9.72 Å². The van der Waals surface area contributed by atoms with Crippen LogP contribution in [0.25, 0.3) is 0 Å². The van der Waals surface area contributed by atoms with Gasteiger partial charge in [-0.05, 0) is 6.92 Å². The van der Waals surface area contributed by atoms with Crippen LogP contribution < -0.4 is 10.3 Å². The largest absolute Gasteiger partial charge is 0.471 e. The minimum Gasteiger partial charge on any atom is -0.471 e. The highest BCUT2D eigenvalue weighted by Gasteiger charge is 2.05. The fraction of sp³-hybridized carbons (Fsp3) is 0.429. The molecule has 0 spiro atoms. The number of nitrogens with zero attached hydrogens (tertiary/aromatic N) is 1. The third-order valence-corrected chi connectivity index (χ3v) is 1.19. The zero-order chi connectivity index (χ0) is 9.84. The molecule has 0 aromatic carbocycles. The van der Waals surface area contributed by atoms with Crippen LogP contribution in [0.3, 0.4) is 0 Å². The Morgan fingerprint density at radius 2 is 2.38 bits per heavy atom. The number of ether oxygens (including phenoxy) is 1. The Labute approximate surface area is 72.6 Å². The molecule has 0 saturated carbocycles. The van der Waals surface area contributed by atoms with E-state index in [0.717, 1.165) is 6.07 Å². The Morgan fingerprint density at radius 1 is 1.69 bits per heavy atom. The fourth-order valence-corrected chi connectivity index (χ4v) is 0.774. The minimum absolute atomic E-state index is 0.0819. The molecule has 6 heteroatoms. The van der Waals surface area contributed by atoms with E-state index < -0.39 is 18.6 Å². The smallest absolute Gasteiger partial charge is 0.272 e. The van der Waals surface area contributed by atoms with Crippen LogP contribution in [0.4, 0.5) is 8.78 Å². The summed E-state index contributed by atoms with van der Waals surface area (Å²) in [4.78, 5) is 16.9. The van der Waals surface area contributed by atoms with Crippen molar-refractivity contribution in [1.82, 2.24) is 9.97 Å². The highest BCUT2D eigenvalue weighted by molar-refractivity contribution is 5.07. The van der Waals surface area contributed by atoms with Crippen LogP contribution in [-0.4, -0.2) is 23.0 Å². The molecular formula is C7H8F2N2O2. The Hall–Kier alpha value is -1.46. The van der Waals surface area contributed by atoms with Gasteiger partial charge in [0.25, 0.3) is 12.0 Å². The number of nitrogens with one attached hydrogen (secondary N) is 1. The first-order valence-corrected chi connectivity index (χ1v) is 3.57. The van der Waals surface area contributed by atoms with Crippen molar-refractivity contribution in [2.75, 3.05) is 6.61 Å². The first-order valence-electron chi connectivity index (χ1n) is 3.57. The summed E-state index contributed by atoms with van der Waals surface area (Å²) in [7, 11) is 0. The summed E-state index contributed by atoms with van der Waals surface area (Å²) in [6.45, 7) is 0.784. The molecule has 0 aliphatic carbocycles. The first kappa shape index (κ1) is 9.63. The van der Waals surface area contributed by atoms with Crippen LogP contribution in [0, 0.1) is 6.92 Å². The van der Waals surface area contributed by atoms with E-state index in [1.54, 1.807) is 0 Å². The number of hydrogen-bond donors (Lipinski definition) is 1. The maximum atomic E-state index is 11.7. The number of rotatable bonds is 3. The Bertz CT molecular complexity index is 338. The second-order valence-electron chi connectivity index (χ2n) is 2.37. The molecule has 0 radical (unpaired) electrons. The van der Waals surface area contributed by atoms with E-state index in [4.69, 9.17) is 0 Å². The molecule has 0 unspecified atom stereocenters. The van der Waals surface area contributed by atoms with E-state index in [0.29, 0.717) is 5.82 Å². The van der Waals surface area contributed by atoms with Crippen molar-refractivity contribution in [1.29, 1.82) is 0 Å².